The summed E-state index contributed by atoms with van der Waals surface area (Å²) in [6.45, 7) is 0. The number of nitrogens with one attached hydrogen (secondary N) is 1. The molecule has 3 nitrogen and oxygen atoms in total. The summed E-state index contributed by atoms with van der Waals surface area (Å²) in [4.78, 5) is 0. The van der Waals surface area contributed by atoms with Crippen molar-refractivity contribution in [1.82, 2.24) is 0 Å². The molecular formula is C13H9ClFN3. The SMILES string of the molecule is N#Cc1cc(N)ccc1Nc1ccc(Cl)cc1F. The van der Waals surface area contributed by atoms with E-state index in [1.807, 2.05) is 6.07 Å². The minimum atomic E-state index is -0.483. The molecule has 0 saturated heterocycles. The van der Waals surface area contributed by atoms with Gasteiger partial charge in [0.05, 0.1) is 16.9 Å². The van der Waals surface area contributed by atoms with Gasteiger partial charge in [-0.3, -0.25) is 0 Å². The molecule has 0 aliphatic heterocycles. The molecule has 0 bridgehead atoms. The van der Waals surface area contributed by atoms with E-state index in [2.05, 4.69) is 5.32 Å². The Morgan fingerprint density at radius 1 is 1.17 bits per heavy atom. The van der Waals surface area contributed by atoms with Crippen LogP contribution in [0.15, 0.2) is 36.4 Å². The molecule has 0 aliphatic carbocycles. The van der Waals surface area contributed by atoms with Gasteiger partial charge in [0.25, 0.3) is 0 Å². The fraction of sp³-hybridized carbons (Fsp3) is 0. The molecule has 3 N–H and O–H groups in total. The maximum atomic E-state index is 13.6. The molecule has 0 saturated carbocycles. The van der Waals surface area contributed by atoms with E-state index in [1.54, 1.807) is 18.2 Å². The van der Waals surface area contributed by atoms with Crippen LogP contribution >= 0.6 is 11.6 Å². The van der Waals surface area contributed by atoms with E-state index < -0.39 is 5.82 Å². The van der Waals surface area contributed by atoms with Crippen molar-refractivity contribution in [2.24, 2.45) is 0 Å². The largest absolute Gasteiger partial charge is 0.399 e. The number of benzene rings is 2. The lowest BCUT2D eigenvalue weighted by atomic mass is 10.1. The number of nitrogens with zero attached hydrogens (tertiary/aromatic N) is 1. The van der Waals surface area contributed by atoms with Gasteiger partial charge in [0.2, 0.25) is 0 Å². The van der Waals surface area contributed by atoms with Crippen molar-refractivity contribution in [3.63, 3.8) is 0 Å². The summed E-state index contributed by atoms with van der Waals surface area (Å²) in [5.41, 5.74) is 7.15. The lowest BCUT2D eigenvalue weighted by Gasteiger charge is -2.09. The predicted molar refractivity (Wildman–Crippen MR) is 70.3 cm³/mol. The van der Waals surface area contributed by atoms with Crippen LogP contribution in [0.1, 0.15) is 5.56 Å². The highest BCUT2D eigenvalue weighted by atomic mass is 35.5. The highest BCUT2D eigenvalue weighted by Gasteiger charge is 2.07. The van der Waals surface area contributed by atoms with Gasteiger partial charge >= 0.3 is 0 Å². The molecule has 5 heteroatoms. The van der Waals surface area contributed by atoms with Gasteiger partial charge in [0.1, 0.15) is 11.9 Å². The second-order valence-electron chi connectivity index (χ2n) is 3.67. The topological polar surface area (TPSA) is 61.8 Å². The number of nitriles is 1. The third-order valence-electron chi connectivity index (χ3n) is 2.36. The summed E-state index contributed by atoms with van der Waals surface area (Å²) in [5.74, 6) is -0.483. The lowest BCUT2D eigenvalue weighted by Crippen LogP contribution is -1.97. The van der Waals surface area contributed by atoms with Crippen LogP contribution in [0, 0.1) is 17.1 Å². The van der Waals surface area contributed by atoms with Crippen LogP contribution in [-0.2, 0) is 0 Å². The first-order valence-corrected chi connectivity index (χ1v) is 5.49. The number of hydrogen-bond acceptors (Lipinski definition) is 3. The van der Waals surface area contributed by atoms with Crippen LogP contribution in [0.5, 0.6) is 0 Å². The van der Waals surface area contributed by atoms with E-state index >= 15 is 0 Å². The molecule has 90 valence electrons. The summed E-state index contributed by atoms with van der Waals surface area (Å²) >= 11 is 5.66. The Bertz CT molecular complexity index is 635. The summed E-state index contributed by atoms with van der Waals surface area (Å²) in [5, 5.41) is 12.1. The molecule has 18 heavy (non-hydrogen) atoms. The van der Waals surface area contributed by atoms with Crippen LogP contribution < -0.4 is 11.1 Å². The van der Waals surface area contributed by atoms with Crippen molar-refractivity contribution in [2.45, 2.75) is 0 Å². The molecule has 0 radical (unpaired) electrons. The summed E-state index contributed by atoms with van der Waals surface area (Å²) in [7, 11) is 0. The highest BCUT2D eigenvalue weighted by molar-refractivity contribution is 6.30. The van der Waals surface area contributed by atoms with Crippen LogP contribution in [0.25, 0.3) is 0 Å². The van der Waals surface area contributed by atoms with E-state index in [-0.39, 0.29) is 5.69 Å². The monoisotopic (exact) mass is 261 g/mol. The number of nitrogens with two attached hydrogens (primary N) is 1. The van der Waals surface area contributed by atoms with Gasteiger partial charge in [-0.05, 0) is 36.4 Å². The first-order chi connectivity index (χ1) is 8.60. The van der Waals surface area contributed by atoms with Crippen molar-refractivity contribution < 1.29 is 4.39 Å². The zero-order chi connectivity index (χ0) is 13.1. The van der Waals surface area contributed by atoms with Gasteiger partial charge in [0.15, 0.2) is 0 Å². The van der Waals surface area contributed by atoms with Gasteiger partial charge in [0, 0.05) is 10.7 Å². The number of nitrogen functional groups attached to an aromatic ring is 1. The third kappa shape index (κ3) is 2.53. The van der Waals surface area contributed by atoms with Crippen LogP contribution in [0.2, 0.25) is 5.02 Å². The molecule has 2 aromatic rings. The van der Waals surface area contributed by atoms with Gasteiger partial charge in [-0.1, -0.05) is 11.6 Å². The van der Waals surface area contributed by atoms with Crippen molar-refractivity contribution in [3.8, 4) is 6.07 Å². The Hall–Kier alpha value is -2.25. The average molecular weight is 262 g/mol. The quantitative estimate of drug-likeness (QED) is 0.811. The van der Waals surface area contributed by atoms with E-state index in [1.165, 1.54) is 18.2 Å². The fourth-order valence-corrected chi connectivity index (χ4v) is 1.66. The first-order valence-electron chi connectivity index (χ1n) is 5.12. The summed E-state index contributed by atoms with van der Waals surface area (Å²) in [6.07, 6.45) is 0. The van der Waals surface area contributed by atoms with E-state index in [4.69, 9.17) is 22.6 Å². The number of halogens is 2. The van der Waals surface area contributed by atoms with Crippen molar-refractivity contribution in [1.29, 1.82) is 5.26 Å². The summed E-state index contributed by atoms with van der Waals surface area (Å²) < 4.78 is 13.6. The molecule has 0 aliphatic rings. The molecule has 0 spiro atoms. The van der Waals surface area contributed by atoms with Crippen LogP contribution in [0.3, 0.4) is 0 Å². The molecule has 0 unspecified atom stereocenters. The van der Waals surface area contributed by atoms with Crippen molar-refractivity contribution >= 4 is 28.7 Å². The summed E-state index contributed by atoms with van der Waals surface area (Å²) in [6, 6.07) is 11.1. The number of hydrogen-bond donors (Lipinski definition) is 2. The second-order valence-corrected chi connectivity index (χ2v) is 4.10. The van der Waals surface area contributed by atoms with E-state index in [9.17, 15) is 4.39 Å². The van der Waals surface area contributed by atoms with Crippen LogP contribution in [-0.4, -0.2) is 0 Å². The van der Waals surface area contributed by atoms with Crippen molar-refractivity contribution in [3.05, 3.63) is 52.8 Å². The zero-order valence-electron chi connectivity index (χ0n) is 9.24. The molecule has 0 amide bonds. The normalized spacial score (nSPS) is 9.83. The van der Waals surface area contributed by atoms with Crippen molar-refractivity contribution in [2.75, 3.05) is 11.1 Å². The molecule has 0 fully saturated rings. The van der Waals surface area contributed by atoms with Gasteiger partial charge < -0.3 is 11.1 Å². The average Bonchev–Trinajstić information content (AvgIpc) is 2.34. The second kappa shape index (κ2) is 4.94. The Morgan fingerprint density at radius 2 is 1.89 bits per heavy atom. The molecular weight excluding hydrogens is 253 g/mol. The third-order valence-corrected chi connectivity index (χ3v) is 2.60. The lowest BCUT2D eigenvalue weighted by molar-refractivity contribution is 0.632. The predicted octanol–water partition coefficient (Wildman–Crippen LogP) is 3.68. The standard InChI is InChI=1S/C13H9ClFN3/c14-9-1-3-13(11(15)6-9)18-12-4-2-10(17)5-8(12)7-16/h1-6,18H,17H2. The maximum Gasteiger partial charge on any atom is 0.148 e. The Balaban J connectivity index is 2.37. The molecule has 0 atom stereocenters. The number of rotatable bonds is 2. The molecule has 2 aromatic carbocycles. The minimum absolute atomic E-state index is 0.251. The molecule has 2 rings (SSSR count). The molecule has 0 heterocycles. The van der Waals surface area contributed by atoms with Gasteiger partial charge in [-0.15, -0.1) is 0 Å². The van der Waals surface area contributed by atoms with E-state index in [0.29, 0.717) is 22.0 Å². The first kappa shape index (κ1) is 12.2. The van der Waals surface area contributed by atoms with Gasteiger partial charge in [-0.25, -0.2) is 4.39 Å². The van der Waals surface area contributed by atoms with Gasteiger partial charge in [-0.2, -0.15) is 5.26 Å². The Kier molecular flexibility index (Phi) is 3.35. The van der Waals surface area contributed by atoms with Crippen LogP contribution in [0.4, 0.5) is 21.5 Å². The maximum absolute atomic E-state index is 13.6. The Morgan fingerprint density at radius 3 is 2.56 bits per heavy atom. The fourth-order valence-electron chi connectivity index (χ4n) is 1.50. The zero-order valence-corrected chi connectivity index (χ0v) is 10.0. The Labute approximate surface area is 109 Å². The smallest absolute Gasteiger partial charge is 0.148 e. The molecule has 0 aromatic heterocycles. The number of anilines is 3. The minimum Gasteiger partial charge on any atom is -0.399 e. The van der Waals surface area contributed by atoms with E-state index in [0.717, 1.165) is 0 Å². The highest BCUT2D eigenvalue weighted by Crippen LogP contribution is 2.26.